The maximum atomic E-state index is 4.38. The lowest BCUT2D eigenvalue weighted by atomic mass is 10.4. The Hall–Kier alpha value is -1.42. The van der Waals surface area contributed by atoms with E-state index in [1.54, 1.807) is 0 Å². The van der Waals surface area contributed by atoms with Gasteiger partial charge >= 0.3 is 0 Å². The molecular weight excluding hydrogens is 200 g/mol. The Morgan fingerprint density at radius 2 is 2.31 bits per heavy atom. The van der Waals surface area contributed by atoms with Crippen molar-refractivity contribution in [2.75, 3.05) is 18.5 Å². The Morgan fingerprint density at radius 1 is 1.50 bits per heavy atom. The van der Waals surface area contributed by atoms with Gasteiger partial charge in [0.05, 0.1) is 18.1 Å². The van der Waals surface area contributed by atoms with E-state index in [2.05, 4.69) is 21.9 Å². The van der Waals surface area contributed by atoms with E-state index >= 15 is 0 Å². The summed E-state index contributed by atoms with van der Waals surface area (Å²) < 4.78 is 0. The van der Waals surface area contributed by atoms with E-state index < -0.39 is 0 Å². The van der Waals surface area contributed by atoms with Gasteiger partial charge in [-0.05, 0) is 12.8 Å². The summed E-state index contributed by atoms with van der Waals surface area (Å²) in [4.78, 5) is 10.8. The van der Waals surface area contributed by atoms with Gasteiger partial charge in [0.1, 0.15) is 5.82 Å². The third kappa shape index (κ3) is 3.03. The fourth-order valence-corrected chi connectivity index (χ4v) is 1.46. The van der Waals surface area contributed by atoms with Gasteiger partial charge in [-0.2, -0.15) is 0 Å². The van der Waals surface area contributed by atoms with Crippen molar-refractivity contribution in [1.82, 2.24) is 15.3 Å². The molecule has 1 aromatic heterocycles. The van der Waals surface area contributed by atoms with Gasteiger partial charge in [-0.25, -0.2) is 4.98 Å². The Labute approximate surface area is 96.4 Å². The number of rotatable bonds is 6. The van der Waals surface area contributed by atoms with Crippen LogP contribution in [0.2, 0.25) is 0 Å². The SMILES string of the molecule is C=CCN(C)c1cnc(CNC2CC2)cn1. The molecule has 1 heterocycles. The minimum atomic E-state index is 0.713. The molecule has 0 aromatic carbocycles. The van der Waals surface area contributed by atoms with Crippen LogP contribution >= 0.6 is 0 Å². The summed E-state index contributed by atoms with van der Waals surface area (Å²) in [5.41, 5.74) is 1.00. The number of hydrogen-bond acceptors (Lipinski definition) is 4. The molecule has 0 amide bonds. The molecular formula is C12H18N4. The molecule has 0 spiro atoms. The van der Waals surface area contributed by atoms with Crippen molar-refractivity contribution in [3.63, 3.8) is 0 Å². The van der Waals surface area contributed by atoms with E-state index in [1.807, 2.05) is 30.4 Å². The normalized spacial score (nSPS) is 14.8. The van der Waals surface area contributed by atoms with Gasteiger partial charge in [0.2, 0.25) is 0 Å². The highest BCUT2D eigenvalue weighted by atomic mass is 15.2. The molecule has 0 unspecified atom stereocenters. The maximum Gasteiger partial charge on any atom is 0.147 e. The number of likely N-dealkylation sites (N-methyl/N-ethyl adjacent to an activating group) is 1. The monoisotopic (exact) mass is 218 g/mol. The van der Waals surface area contributed by atoms with Crippen molar-refractivity contribution in [2.24, 2.45) is 0 Å². The third-order valence-electron chi connectivity index (χ3n) is 2.63. The van der Waals surface area contributed by atoms with E-state index in [1.165, 1.54) is 12.8 Å². The molecule has 1 aromatic rings. The summed E-state index contributed by atoms with van der Waals surface area (Å²) >= 11 is 0. The first kappa shape index (κ1) is 11.1. The molecule has 1 aliphatic carbocycles. The van der Waals surface area contributed by atoms with Crippen LogP contribution in [0.25, 0.3) is 0 Å². The first-order chi connectivity index (χ1) is 7.79. The summed E-state index contributed by atoms with van der Waals surface area (Å²) in [5, 5.41) is 3.41. The molecule has 1 saturated carbocycles. The van der Waals surface area contributed by atoms with Crippen molar-refractivity contribution in [3.05, 3.63) is 30.7 Å². The van der Waals surface area contributed by atoms with Gasteiger partial charge < -0.3 is 10.2 Å². The summed E-state index contributed by atoms with van der Waals surface area (Å²) in [5.74, 6) is 0.884. The summed E-state index contributed by atoms with van der Waals surface area (Å²) in [6, 6.07) is 0.713. The molecule has 1 aliphatic rings. The lowest BCUT2D eigenvalue weighted by Crippen LogP contribution is -2.19. The quantitative estimate of drug-likeness (QED) is 0.732. The van der Waals surface area contributed by atoms with Crippen LogP contribution in [0.1, 0.15) is 18.5 Å². The van der Waals surface area contributed by atoms with Crippen molar-refractivity contribution >= 4 is 5.82 Å². The second-order valence-electron chi connectivity index (χ2n) is 4.19. The fourth-order valence-electron chi connectivity index (χ4n) is 1.46. The van der Waals surface area contributed by atoms with Gasteiger partial charge in [-0.15, -0.1) is 6.58 Å². The first-order valence-corrected chi connectivity index (χ1v) is 5.66. The zero-order chi connectivity index (χ0) is 11.4. The van der Waals surface area contributed by atoms with Crippen molar-refractivity contribution in [1.29, 1.82) is 0 Å². The van der Waals surface area contributed by atoms with Crippen LogP contribution in [0.3, 0.4) is 0 Å². The standard InChI is InChI=1S/C12H18N4/c1-3-6-16(2)12-9-14-11(8-15-12)7-13-10-4-5-10/h3,8-10,13H,1,4-7H2,2H3. The van der Waals surface area contributed by atoms with Crippen molar-refractivity contribution in [2.45, 2.75) is 25.4 Å². The second-order valence-corrected chi connectivity index (χ2v) is 4.19. The van der Waals surface area contributed by atoms with E-state index in [0.717, 1.165) is 24.6 Å². The number of nitrogens with one attached hydrogen (secondary N) is 1. The zero-order valence-electron chi connectivity index (χ0n) is 9.69. The smallest absolute Gasteiger partial charge is 0.147 e. The van der Waals surface area contributed by atoms with Gasteiger partial charge in [0.25, 0.3) is 0 Å². The van der Waals surface area contributed by atoms with Crippen LogP contribution < -0.4 is 10.2 Å². The molecule has 16 heavy (non-hydrogen) atoms. The molecule has 86 valence electrons. The van der Waals surface area contributed by atoms with Crippen molar-refractivity contribution < 1.29 is 0 Å². The zero-order valence-corrected chi connectivity index (χ0v) is 9.69. The fraction of sp³-hybridized carbons (Fsp3) is 0.500. The van der Waals surface area contributed by atoms with E-state index in [4.69, 9.17) is 0 Å². The lowest BCUT2D eigenvalue weighted by molar-refractivity contribution is 0.671. The first-order valence-electron chi connectivity index (χ1n) is 5.66. The molecule has 2 rings (SSSR count). The average Bonchev–Trinajstić information content (AvgIpc) is 3.11. The van der Waals surface area contributed by atoms with Gasteiger partial charge in [0, 0.05) is 26.2 Å². The van der Waals surface area contributed by atoms with Crippen LogP contribution in [0, 0.1) is 0 Å². The van der Waals surface area contributed by atoms with Crippen LogP contribution in [-0.2, 0) is 6.54 Å². The maximum absolute atomic E-state index is 4.38. The molecule has 1 fully saturated rings. The summed E-state index contributed by atoms with van der Waals surface area (Å²) in [6.45, 7) is 5.31. The Balaban J connectivity index is 1.89. The number of anilines is 1. The molecule has 0 aliphatic heterocycles. The molecule has 0 atom stereocenters. The highest BCUT2D eigenvalue weighted by molar-refractivity contribution is 5.35. The minimum absolute atomic E-state index is 0.713. The van der Waals surface area contributed by atoms with Crippen molar-refractivity contribution in [3.8, 4) is 0 Å². The number of aromatic nitrogens is 2. The van der Waals surface area contributed by atoms with Gasteiger partial charge in [-0.3, -0.25) is 4.98 Å². The van der Waals surface area contributed by atoms with E-state index in [-0.39, 0.29) is 0 Å². The molecule has 0 bridgehead atoms. The lowest BCUT2D eigenvalue weighted by Gasteiger charge is -2.15. The van der Waals surface area contributed by atoms with Crippen LogP contribution in [0.5, 0.6) is 0 Å². The molecule has 4 heteroatoms. The van der Waals surface area contributed by atoms with Gasteiger partial charge in [-0.1, -0.05) is 6.08 Å². The summed E-state index contributed by atoms with van der Waals surface area (Å²) in [6.07, 6.45) is 8.10. The molecule has 1 N–H and O–H groups in total. The predicted octanol–water partition coefficient (Wildman–Crippen LogP) is 1.35. The average molecular weight is 218 g/mol. The second kappa shape index (κ2) is 5.07. The molecule has 0 radical (unpaired) electrons. The topological polar surface area (TPSA) is 41.1 Å². The largest absolute Gasteiger partial charge is 0.355 e. The van der Waals surface area contributed by atoms with Crippen LogP contribution in [0.15, 0.2) is 25.0 Å². The Morgan fingerprint density at radius 3 is 2.88 bits per heavy atom. The highest BCUT2D eigenvalue weighted by Gasteiger charge is 2.20. The molecule has 4 nitrogen and oxygen atoms in total. The van der Waals surface area contributed by atoms with Crippen LogP contribution in [0.4, 0.5) is 5.82 Å². The van der Waals surface area contributed by atoms with Crippen LogP contribution in [-0.4, -0.2) is 29.6 Å². The van der Waals surface area contributed by atoms with Gasteiger partial charge in [0.15, 0.2) is 0 Å². The highest BCUT2D eigenvalue weighted by Crippen LogP contribution is 2.19. The number of hydrogen-bond donors (Lipinski definition) is 1. The van der Waals surface area contributed by atoms with E-state index in [0.29, 0.717) is 6.04 Å². The third-order valence-corrected chi connectivity index (χ3v) is 2.63. The molecule has 0 saturated heterocycles. The minimum Gasteiger partial charge on any atom is -0.355 e. The Kier molecular flexibility index (Phi) is 3.51. The van der Waals surface area contributed by atoms with E-state index in [9.17, 15) is 0 Å². The number of nitrogens with zero attached hydrogens (tertiary/aromatic N) is 3. The summed E-state index contributed by atoms with van der Waals surface area (Å²) in [7, 11) is 1.98. The predicted molar refractivity (Wildman–Crippen MR) is 65.4 cm³/mol. The Bertz CT molecular complexity index is 343.